The molecule has 1 atom stereocenters. The molecule has 0 bridgehead atoms. The lowest BCUT2D eigenvalue weighted by atomic mass is 10.1. The van der Waals surface area contributed by atoms with E-state index in [1.54, 1.807) is 6.92 Å². The number of hydrogen-bond donors (Lipinski definition) is 2. The number of nitrogens with zero attached hydrogens (tertiary/aromatic N) is 3. The summed E-state index contributed by atoms with van der Waals surface area (Å²) in [6, 6.07) is 2.75. The molecule has 0 saturated carbocycles. The van der Waals surface area contributed by atoms with Crippen molar-refractivity contribution in [1.29, 1.82) is 0 Å². The van der Waals surface area contributed by atoms with E-state index in [-0.39, 0.29) is 29.4 Å². The lowest BCUT2D eigenvalue weighted by Crippen LogP contribution is -2.29. The van der Waals surface area contributed by atoms with Crippen LogP contribution < -0.4 is 15.6 Å². The van der Waals surface area contributed by atoms with Crippen molar-refractivity contribution in [1.82, 2.24) is 14.9 Å². The number of rotatable bonds is 3. The highest BCUT2D eigenvalue weighted by Crippen LogP contribution is 2.25. The third-order valence-electron chi connectivity index (χ3n) is 4.64. The molecular formula is C19H13F3N4O4. The summed E-state index contributed by atoms with van der Waals surface area (Å²) >= 11 is 0. The number of carbonyl (C=O) groups is 2. The maximum Gasteiger partial charge on any atom is 0.341 e. The lowest BCUT2D eigenvalue weighted by molar-refractivity contribution is 0.0695. The molecule has 8 nitrogen and oxygen atoms in total. The van der Waals surface area contributed by atoms with Gasteiger partial charge in [0.1, 0.15) is 22.9 Å². The van der Waals surface area contributed by atoms with E-state index in [1.807, 2.05) is 0 Å². The third-order valence-corrected chi connectivity index (χ3v) is 4.64. The molecule has 2 amide bonds. The number of carboxylic acids is 1. The van der Waals surface area contributed by atoms with E-state index in [2.05, 4.69) is 10.3 Å². The number of urea groups is 1. The van der Waals surface area contributed by atoms with Gasteiger partial charge in [0.05, 0.1) is 5.39 Å². The number of aromatic nitrogens is 2. The highest BCUT2D eigenvalue weighted by molar-refractivity contribution is 5.96. The average molecular weight is 418 g/mol. The van der Waals surface area contributed by atoms with E-state index >= 15 is 0 Å². The Morgan fingerprint density at radius 2 is 1.87 bits per heavy atom. The maximum absolute atomic E-state index is 14.4. The number of nitrogens with one attached hydrogen (secondary N) is 1. The smallest absolute Gasteiger partial charge is 0.341 e. The van der Waals surface area contributed by atoms with Crippen molar-refractivity contribution >= 4 is 28.9 Å². The van der Waals surface area contributed by atoms with Crippen molar-refractivity contribution in [3.8, 4) is 5.69 Å². The lowest BCUT2D eigenvalue weighted by Gasteiger charge is -2.17. The molecule has 0 aliphatic carbocycles. The first kappa shape index (κ1) is 19.4. The fourth-order valence-electron chi connectivity index (χ4n) is 3.32. The Labute approximate surface area is 166 Å². The van der Waals surface area contributed by atoms with E-state index < -0.39 is 46.1 Å². The van der Waals surface area contributed by atoms with Crippen LogP contribution in [-0.2, 0) is 0 Å². The van der Waals surface area contributed by atoms with Crippen molar-refractivity contribution in [2.45, 2.75) is 13.0 Å². The number of amides is 2. The van der Waals surface area contributed by atoms with E-state index in [0.29, 0.717) is 12.1 Å². The van der Waals surface area contributed by atoms with Crippen molar-refractivity contribution in [2.75, 3.05) is 11.4 Å². The molecule has 1 aromatic carbocycles. The molecule has 0 unspecified atom stereocenters. The van der Waals surface area contributed by atoms with Crippen LogP contribution in [0.3, 0.4) is 0 Å². The van der Waals surface area contributed by atoms with Crippen LogP contribution in [-0.4, -0.2) is 39.2 Å². The van der Waals surface area contributed by atoms with Gasteiger partial charge in [-0.3, -0.25) is 14.3 Å². The molecule has 11 heteroatoms. The predicted octanol–water partition coefficient (Wildman–Crippen LogP) is 2.42. The molecule has 0 radical (unpaired) electrons. The van der Waals surface area contributed by atoms with Crippen LogP contribution in [0, 0.1) is 17.5 Å². The van der Waals surface area contributed by atoms with E-state index in [1.165, 1.54) is 17.0 Å². The van der Waals surface area contributed by atoms with E-state index in [9.17, 15) is 32.7 Å². The number of hydrogen-bond acceptors (Lipinski definition) is 4. The molecule has 3 aromatic rings. The highest BCUT2D eigenvalue weighted by Gasteiger charge is 2.29. The van der Waals surface area contributed by atoms with Crippen LogP contribution in [0.15, 0.2) is 35.3 Å². The van der Waals surface area contributed by atoms with Crippen LogP contribution in [0.5, 0.6) is 0 Å². The maximum atomic E-state index is 14.4. The highest BCUT2D eigenvalue weighted by atomic mass is 19.1. The van der Waals surface area contributed by atoms with Gasteiger partial charge >= 0.3 is 12.0 Å². The predicted molar refractivity (Wildman–Crippen MR) is 99.5 cm³/mol. The Balaban J connectivity index is 2.06. The summed E-state index contributed by atoms with van der Waals surface area (Å²) < 4.78 is 43.0. The van der Waals surface area contributed by atoms with Gasteiger partial charge in [-0.15, -0.1) is 0 Å². The molecule has 30 heavy (non-hydrogen) atoms. The number of carbonyl (C=O) groups excluding carboxylic acids is 1. The van der Waals surface area contributed by atoms with Crippen molar-refractivity contribution in [3.63, 3.8) is 0 Å². The number of aromatic carboxylic acids is 1. The molecule has 1 fully saturated rings. The molecular weight excluding hydrogens is 405 g/mol. The van der Waals surface area contributed by atoms with Crippen LogP contribution in [0.1, 0.15) is 17.3 Å². The van der Waals surface area contributed by atoms with Gasteiger partial charge in [-0.25, -0.2) is 27.7 Å². The van der Waals surface area contributed by atoms with E-state index in [4.69, 9.17) is 0 Å². The Morgan fingerprint density at radius 3 is 2.43 bits per heavy atom. The summed E-state index contributed by atoms with van der Waals surface area (Å²) in [5.74, 6) is -5.35. The number of halogens is 3. The van der Waals surface area contributed by atoms with Crippen LogP contribution in [0.4, 0.5) is 23.8 Å². The van der Waals surface area contributed by atoms with Gasteiger partial charge in [0.15, 0.2) is 17.3 Å². The molecule has 2 N–H and O–H groups in total. The third kappa shape index (κ3) is 3.04. The topological polar surface area (TPSA) is 105 Å². The van der Waals surface area contributed by atoms with Crippen molar-refractivity contribution in [3.05, 3.63) is 63.7 Å². The Morgan fingerprint density at radius 1 is 1.20 bits per heavy atom. The minimum absolute atomic E-state index is 0.0866. The fraction of sp³-hybridized carbons (Fsp3) is 0.158. The minimum Gasteiger partial charge on any atom is -0.477 e. The summed E-state index contributed by atoms with van der Waals surface area (Å²) in [4.78, 5) is 41.6. The number of pyridine rings is 2. The number of carboxylic acid groups (broad SMARTS) is 1. The number of fused-ring (bicyclic) bond motifs is 1. The first-order valence-electron chi connectivity index (χ1n) is 8.70. The van der Waals surface area contributed by atoms with Crippen LogP contribution >= 0.6 is 0 Å². The number of anilines is 1. The second-order valence-electron chi connectivity index (χ2n) is 6.77. The molecule has 2 aromatic heterocycles. The molecule has 1 aliphatic rings. The Hall–Kier alpha value is -3.89. The van der Waals surface area contributed by atoms with Crippen molar-refractivity contribution in [2.24, 2.45) is 0 Å². The Bertz CT molecular complexity index is 1270. The van der Waals surface area contributed by atoms with Gasteiger partial charge in [0.25, 0.3) is 0 Å². The quantitative estimate of drug-likeness (QED) is 0.680. The van der Waals surface area contributed by atoms with Gasteiger partial charge in [0.2, 0.25) is 5.43 Å². The average Bonchev–Trinajstić information content (AvgIpc) is 3.00. The molecule has 4 rings (SSSR count). The van der Waals surface area contributed by atoms with Crippen molar-refractivity contribution < 1.29 is 27.9 Å². The van der Waals surface area contributed by atoms with Crippen LogP contribution in [0.25, 0.3) is 16.7 Å². The monoisotopic (exact) mass is 418 g/mol. The van der Waals surface area contributed by atoms with Gasteiger partial charge in [-0.2, -0.15) is 0 Å². The number of benzene rings is 1. The molecule has 0 spiro atoms. The standard InChI is InChI=1S/C19H13F3N4O4/c1-8-6-25(19(30)23-8)14-3-2-10-16(27)11(18(28)29)7-26(17(10)24-14)15-12(21)4-9(20)5-13(15)22/h2-5,7-8H,6H2,1H3,(H,23,30)(H,28,29)/t8-/m1/s1. The van der Waals surface area contributed by atoms with Gasteiger partial charge in [0, 0.05) is 30.9 Å². The van der Waals surface area contributed by atoms with Gasteiger partial charge in [-0.1, -0.05) is 0 Å². The zero-order chi connectivity index (χ0) is 21.7. The molecule has 1 saturated heterocycles. The molecule has 1 aliphatic heterocycles. The second-order valence-corrected chi connectivity index (χ2v) is 6.77. The zero-order valence-corrected chi connectivity index (χ0v) is 15.3. The zero-order valence-electron chi connectivity index (χ0n) is 15.3. The summed E-state index contributed by atoms with van der Waals surface area (Å²) in [6.45, 7) is 2.02. The Kier molecular flexibility index (Phi) is 4.45. The van der Waals surface area contributed by atoms with Gasteiger partial charge in [-0.05, 0) is 19.1 Å². The normalized spacial score (nSPS) is 16.2. The SMILES string of the molecule is C[C@@H]1CN(c2ccc3c(=O)c(C(=O)O)cn(-c4c(F)cc(F)cc4F)c3n2)C(=O)N1. The van der Waals surface area contributed by atoms with E-state index in [0.717, 1.165) is 10.8 Å². The largest absolute Gasteiger partial charge is 0.477 e. The first-order chi connectivity index (χ1) is 14.2. The summed E-state index contributed by atoms with van der Waals surface area (Å²) in [7, 11) is 0. The summed E-state index contributed by atoms with van der Waals surface area (Å²) in [5.41, 5.74) is -2.78. The molecule has 154 valence electrons. The summed E-state index contributed by atoms with van der Waals surface area (Å²) in [6.07, 6.45) is 0.718. The first-order valence-corrected chi connectivity index (χ1v) is 8.70. The summed E-state index contributed by atoms with van der Waals surface area (Å²) in [5, 5.41) is 11.7. The minimum atomic E-state index is -1.62. The van der Waals surface area contributed by atoms with Gasteiger partial charge < -0.3 is 10.4 Å². The second kappa shape index (κ2) is 6.87. The molecule has 3 heterocycles. The van der Waals surface area contributed by atoms with Crippen LogP contribution in [0.2, 0.25) is 0 Å². The fourth-order valence-corrected chi connectivity index (χ4v) is 3.32.